The maximum Gasteiger partial charge on any atom is 0.108 e. The summed E-state index contributed by atoms with van der Waals surface area (Å²) in [7, 11) is 0. The quantitative estimate of drug-likeness (QED) is 0.908. The predicted octanol–water partition coefficient (Wildman–Crippen LogP) is 2.76. The van der Waals surface area contributed by atoms with E-state index in [1.165, 1.54) is 0 Å². The number of nitrogens with one attached hydrogen (secondary N) is 1. The van der Waals surface area contributed by atoms with E-state index in [0.717, 1.165) is 21.4 Å². The fourth-order valence-electron chi connectivity index (χ4n) is 1.72. The zero-order valence-electron chi connectivity index (χ0n) is 8.94. The number of aliphatic hydroxyl groups is 1. The summed E-state index contributed by atoms with van der Waals surface area (Å²) >= 11 is 3.41. The standard InChI is InChI=1S/C12H13BrN2O/c1-8-6-9(13)2-3-10(8)11(16)7-12-14-4-5-15-12/h2-6,11,16H,7H2,1H3,(H,14,15). The number of H-pyrrole nitrogens is 1. The predicted molar refractivity (Wildman–Crippen MR) is 66.1 cm³/mol. The van der Waals surface area contributed by atoms with Crippen LogP contribution < -0.4 is 0 Å². The highest BCUT2D eigenvalue weighted by molar-refractivity contribution is 9.10. The first-order valence-corrected chi connectivity index (χ1v) is 5.88. The average molecular weight is 281 g/mol. The topological polar surface area (TPSA) is 48.9 Å². The van der Waals surface area contributed by atoms with Crippen molar-refractivity contribution in [2.75, 3.05) is 0 Å². The molecule has 1 aromatic heterocycles. The fraction of sp³-hybridized carbons (Fsp3) is 0.250. The Morgan fingerprint density at radius 3 is 2.94 bits per heavy atom. The summed E-state index contributed by atoms with van der Waals surface area (Å²) in [6.07, 6.45) is 3.45. The van der Waals surface area contributed by atoms with Gasteiger partial charge in [-0.3, -0.25) is 0 Å². The molecule has 84 valence electrons. The molecule has 1 aromatic carbocycles. The molecule has 1 unspecified atom stereocenters. The molecule has 2 aromatic rings. The highest BCUT2D eigenvalue weighted by Gasteiger charge is 2.12. The number of aliphatic hydroxyl groups excluding tert-OH is 1. The first-order valence-electron chi connectivity index (χ1n) is 5.09. The van der Waals surface area contributed by atoms with Gasteiger partial charge < -0.3 is 10.1 Å². The Morgan fingerprint density at radius 2 is 2.31 bits per heavy atom. The molecule has 1 atom stereocenters. The molecule has 2 rings (SSSR count). The average Bonchev–Trinajstić information content (AvgIpc) is 2.70. The van der Waals surface area contributed by atoms with Crippen LogP contribution in [0.5, 0.6) is 0 Å². The van der Waals surface area contributed by atoms with Gasteiger partial charge in [0, 0.05) is 23.3 Å². The second kappa shape index (κ2) is 4.80. The normalized spacial score (nSPS) is 12.7. The van der Waals surface area contributed by atoms with Gasteiger partial charge in [0.05, 0.1) is 6.10 Å². The smallest absolute Gasteiger partial charge is 0.108 e. The molecule has 1 heterocycles. The molecule has 0 radical (unpaired) electrons. The second-order valence-electron chi connectivity index (χ2n) is 3.76. The lowest BCUT2D eigenvalue weighted by atomic mass is 10.0. The molecule has 0 spiro atoms. The van der Waals surface area contributed by atoms with Crippen LogP contribution in [0.2, 0.25) is 0 Å². The minimum absolute atomic E-state index is 0.509. The van der Waals surface area contributed by atoms with E-state index in [-0.39, 0.29) is 0 Å². The molecule has 3 nitrogen and oxygen atoms in total. The minimum atomic E-state index is -0.515. The van der Waals surface area contributed by atoms with Crippen molar-refractivity contribution in [1.82, 2.24) is 9.97 Å². The van der Waals surface area contributed by atoms with Crippen LogP contribution in [0.15, 0.2) is 35.1 Å². The lowest BCUT2D eigenvalue weighted by Gasteiger charge is -2.12. The van der Waals surface area contributed by atoms with Gasteiger partial charge in [0.2, 0.25) is 0 Å². The maximum absolute atomic E-state index is 10.1. The number of imidazole rings is 1. The minimum Gasteiger partial charge on any atom is -0.388 e. The number of aromatic nitrogens is 2. The summed E-state index contributed by atoms with van der Waals surface area (Å²) in [5.41, 5.74) is 2.02. The molecule has 16 heavy (non-hydrogen) atoms. The van der Waals surface area contributed by atoms with Crippen LogP contribution in [0, 0.1) is 6.92 Å². The van der Waals surface area contributed by atoms with Gasteiger partial charge in [-0.1, -0.05) is 22.0 Å². The molecule has 0 saturated carbocycles. The second-order valence-corrected chi connectivity index (χ2v) is 4.67. The molecule has 0 aliphatic carbocycles. The number of hydrogen-bond donors (Lipinski definition) is 2. The first kappa shape index (κ1) is 11.4. The monoisotopic (exact) mass is 280 g/mol. The third-order valence-corrected chi connectivity index (χ3v) is 3.03. The third-order valence-electron chi connectivity index (χ3n) is 2.53. The van der Waals surface area contributed by atoms with Crippen LogP contribution in [0.25, 0.3) is 0 Å². The van der Waals surface area contributed by atoms with E-state index in [4.69, 9.17) is 0 Å². The number of rotatable bonds is 3. The highest BCUT2D eigenvalue weighted by atomic mass is 79.9. The molecule has 0 amide bonds. The number of benzene rings is 1. The number of nitrogens with zero attached hydrogens (tertiary/aromatic N) is 1. The molecular formula is C12H13BrN2O. The Kier molecular flexibility index (Phi) is 3.41. The highest BCUT2D eigenvalue weighted by Crippen LogP contribution is 2.23. The van der Waals surface area contributed by atoms with Gasteiger partial charge in [0.25, 0.3) is 0 Å². The fourth-order valence-corrected chi connectivity index (χ4v) is 2.19. The van der Waals surface area contributed by atoms with Crippen molar-refractivity contribution in [3.05, 3.63) is 52.0 Å². The Bertz CT molecular complexity index is 468. The van der Waals surface area contributed by atoms with Gasteiger partial charge in [-0.2, -0.15) is 0 Å². The molecule has 0 saturated heterocycles. The van der Waals surface area contributed by atoms with Gasteiger partial charge in [-0.05, 0) is 30.2 Å². The molecule has 0 aliphatic heterocycles. The van der Waals surface area contributed by atoms with E-state index >= 15 is 0 Å². The zero-order valence-corrected chi connectivity index (χ0v) is 10.5. The number of hydrogen-bond acceptors (Lipinski definition) is 2. The Balaban J connectivity index is 2.17. The molecule has 2 N–H and O–H groups in total. The summed E-state index contributed by atoms with van der Waals surface area (Å²) < 4.78 is 1.03. The van der Waals surface area contributed by atoms with E-state index in [0.29, 0.717) is 6.42 Å². The van der Waals surface area contributed by atoms with Crippen LogP contribution >= 0.6 is 15.9 Å². The van der Waals surface area contributed by atoms with Crippen LogP contribution in [-0.2, 0) is 6.42 Å². The number of aryl methyl sites for hydroxylation is 1. The zero-order chi connectivity index (χ0) is 11.5. The Morgan fingerprint density at radius 1 is 1.50 bits per heavy atom. The number of halogens is 1. The van der Waals surface area contributed by atoms with Crippen molar-refractivity contribution in [2.24, 2.45) is 0 Å². The van der Waals surface area contributed by atoms with E-state index in [2.05, 4.69) is 25.9 Å². The first-order chi connectivity index (χ1) is 7.66. The lowest BCUT2D eigenvalue weighted by molar-refractivity contribution is 0.175. The van der Waals surface area contributed by atoms with Gasteiger partial charge >= 0.3 is 0 Å². The van der Waals surface area contributed by atoms with Crippen LogP contribution in [0.4, 0.5) is 0 Å². The van der Waals surface area contributed by atoms with Crippen LogP contribution in [0.1, 0.15) is 23.1 Å². The lowest BCUT2D eigenvalue weighted by Crippen LogP contribution is -2.05. The van der Waals surface area contributed by atoms with Crippen molar-refractivity contribution in [3.8, 4) is 0 Å². The maximum atomic E-state index is 10.1. The largest absolute Gasteiger partial charge is 0.388 e. The van der Waals surface area contributed by atoms with Gasteiger partial charge in [0.15, 0.2) is 0 Å². The molecular weight excluding hydrogens is 268 g/mol. The summed E-state index contributed by atoms with van der Waals surface area (Å²) in [6, 6.07) is 5.88. The van der Waals surface area contributed by atoms with E-state index in [1.54, 1.807) is 12.4 Å². The van der Waals surface area contributed by atoms with E-state index in [9.17, 15) is 5.11 Å². The van der Waals surface area contributed by atoms with Crippen molar-refractivity contribution in [1.29, 1.82) is 0 Å². The van der Waals surface area contributed by atoms with E-state index < -0.39 is 6.10 Å². The SMILES string of the molecule is Cc1cc(Br)ccc1C(O)Cc1ncc[nH]1. The summed E-state index contributed by atoms with van der Waals surface area (Å²) in [5.74, 6) is 0.801. The van der Waals surface area contributed by atoms with Crippen LogP contribution in [-0.4, -0.2) is 15.1 Å². The molecule has 0 aliphatic rings. The van der Waals surface area contributed by atoms with Crippen molar-refractivity contribution >= 4 is 15.9 Å². The molecule has 0 bridgehead atoms. The molecule has 4 heteroatoms. The van der Waals surface area contributed by atoms with Crippen molar-refractivity contribution < 1.29 is 5.11 Å². The Hall–Kier alpha value is -1.13. The van der Waals surface area contributed by atoms with Crippen molar-refractivity contribution in [2.45, 2.75) is 19.4 Å². The molecule has 0 fully saturated rings. The van der Waals surface area contributed by atoms with Gasteiger partial charge in [0.1, 0.15) is 5.82 Å². The van der Waals surface area contributed by atoms with Crippen LogP contribution in [0.3, 0.4) is 0 Å². The Labute approximate surface area is 103 Å². The number of aromatic amines is 1. The van der Waals surface area contributed by atoms with E-state index in [1.807, 2.05) is 25.1 Å². The van der Waals surface area contributed by atoms with Gasteiger partial charge in [-0.25, -0.2) is 4.98 Å². The summed E-state index contributed by atoms with van der Waals surface area (Å²) in [4.78, 5) is 7.09. The van der Waals surface area contributed by atoms with Gasteiger partial charge in [-0.15, -0.1) is 0 Å². The summed E-state index contributed by atoms with van der Waals surface area (Å²) in [5, 5.41) is 10.1. The third kappa shape index (κ3) is 2.51. The summed E-state index contributed by atoms with van der Waals surface area (Å²) in [6.45, 7) is 1.99. The van der Waals surface area contributed by atoms with Crippen molar-refractivity contribution in [3.63, 3.8) is 0 Å².